The number of ether oxygens (including phenoxy) is 1. The summed E-state index contributed by atoms with van der Waals surface area (Å²) in [5, 5.41) is 6.33. The summed E-state index contributed by atoms with van der Waals surface area (Å²) in [4.78, 5) is 0. The van der Waals surface area contributed by atoms with E-state index in [0.717, 1.165) is 17.5 Å². The van der Waals surface area contributed by atoms with Crippen molar-refractivity contribution in [2.24, 2.45) is 0 Å². The molecule has 0 heterocycles. The highest BCUT2D eigenvalue weighted by molar-refractivity contribution is 7.80. The van der Waals surface area contributed by atoms with Crippen LogP contribution in [0.15, 0.2) is 42.5 Å². The van der Waals surface area contributed by atoms with Gasteiger partial charge in [0.05, 0.1) is 12.6 Å². The maximum Gasteiger partial charge on any atom is 0.171 e. The van der Waals surface area contributed by atoms with Crippen LogP contribution in [0.2, 0.25) is 0 Å². The molecular weight excluding hydrogens is 318 g/mol. The summed E-state index contributed by atoms with van der Waals surface area (Å²) in [5.74, 6) is -0.430. The molecule has 0 aliphatic carbocycles. The summed E-state index contributed by atoms with van der Waals surface area (Å²) in [5.41, 5.74) is 1.14. The van der Waals surface area contributed by atoms with Crippen LogP contribution in [0.25, 0.3) is 0 Å². The Balaban J connectivity index is 1.95. The SMILES string of the molecule is CCOc1ccc(NC(=S)N[C@@H](C)c2ccc(F)cc2F)cc1. The highest BCUT2D eigenvalue weighted by Gasteiger charge is 2.12. The van der Waals surface area contributed by atoms with Crippen molar-refractivity contribution in [1.82, 2.24) is 5.32 Å². The van der Waals surface area contributed by atoms with Crippen LogP contribution in [0.5, 0.6) is 5.75 Å². The third kappa shape index (κ3) is 4.89. The van der Waals surface area contributed by atoms with E-state index in [1.54, 1.807) is 6.92 Å². The molecule has 3 nitrogen and oxygen atoms in total. The van der Waals surface area contributed by atoms with Gasteiger partial charge >= 0.3 is 0 Å². The van der Waals surface area contributed by atoms with Crippen LogP contribution in [0.1, 0.15) is 25.5 Å². The van der Waals surface area contributed by atoms with Gasteiger partial charge in [-0.1, -0.05) is 6.07 Å². The molecule has 0 unspecified atom stereocenters. The highest BCUT2D eigenvalue weighted by atomic mass is 32.1. The van der Waals surface area contributed by atoms with E-state index in [1.165, 1.54) is 12.1 Å². The van der Waals surface area contributed by atoms with Gasteiger partial charge in [0.2, 0.25) is 0 Å². The van der Waals surface area contributed by atoms with E-state index in [9.17, 15) is 8.78 Å². The largest absolute Gasteiger partial charge is 0.494 e. The van der Waals surface area contributed by atoms with Gasteiger partial charge in [0.25, 0.3) is 0 Å². The highest BCUT2D eigenvalue weighted by Crippen LogP contribution is 2.19. The van der Waals surface area contributed by atoms with Gasteiger partial charge in [0.15, 0.2) is 5.11 Å². The lowest BCUT2D eigenvalue weighted by Crippen LogP contribution is -2.31. The lowest BCUT2D eigenvalue weighted by molar-refractivity contribution is 0.340. The second-order valence-corrected chi connectivity index (χ2v) is 5.35. The standard InChI is InChI=1S/C17H18F2N2OS/c1-3-22-14-7-5-13(6-8-14)21-17(23)20-11(2)15-9-4-12(18)10-16(15)19/h4-11H,3H2,1-2H3,(H2,20,21,23)/t11-/m0/s1. The van der Waals surface area contributed by atoms with Crippen molar-refractivity contribution in [1.29, 1.82) is 0 Å². The van der Waals surface area contributed by atoms with Crippen LogP contribution in [0.3, 0.4) is 0 Å². The Morgan fingerprint density at radius 2 is 1.87 bits per heavy atom. The minimum atomic E-state index is -0.603. The fraction of sp³-hybridized carbons (Fsp3) is 0.235. The first-order valence-corrected chi connectivity index (χ1v) is 7.65. The van der Waals surface area contributed by atoms with Crippen LogP contribution in [-0.2, 0) is 0 Å². The van der Waals surface area contributed by atoms with Gasteiger partial charge in [-0.25, -0.2) is 8.78 Å². The molecule has 0 amide bonds. The Bertz CT molecular complexity index is 677. The molecule has 0 saturated carbocycles. The molecule has 2 N–H and O–H groups in total. The molecule has 0 spiro atoms. The summed E-state index contributed by atoms with van der Waals surface area (Å²) in [6.45, 7) is 4.27. The molecule has 2 rings (SSSR count). The van der Waals surface area contributed by atoms with Crippen molar-refractivity contribution in [3.05, 3.63) is 59.7 Å². The third-order valence-electron chi connectivity index (χ3n) is 3.20. The average molecular weight is 336 g/mol. The first-order valence-electron chi connectivity index (χ1n) is 7.25. The van der Waals surface area contributed by atoms with Crippen molar-refractivity contribution < 1.29 is 13.5 Å². The van der Waals surface area contributed by atoms with Gasteiger partial charge in [0.1, 0.15) is 17.4 Å². The van der Waals surface area contributed by atoms with Gasteiger partial charge in [-0.2, -0.15) is 0 Å². The van der Waals surface area contributed by atoms with Crippen molar-refractivity contribution in [3.8, 4) is 5.75 Å². The normalized spacial score (nSPS) is 11.7. The van der Waals surface area contributed by atoms with Crippen LogP contribution in [0.4, 0.5) is 14.5 Å². The van der Waals surface area contributed by atoms with E-state index < -0.39 is 17.7 Å². The predicted molar refractivity (Wildman–Crippen MR) is 91.7 cm³/mol. The number of nitrogens with one attached hydrogen (secondary N) is 2. The number of hydrogen-bond donors (Lipinski definition) is 2. The molecule has 0 bridgehead atoms. The molecule has 6 heteroatoms. The Labute approximate surface area is 139 Å². The van der Waals surface area contributed by atoms with Crippen molar-refractivity contribution in [2.45, 2.75) is 19.9 Å². The smallest absolute Gasteiger partial charge is 0.171 e. The summed E-state index contributed by atoms with van der Waals surface area (Å²) in [7, 11) is 0. The van der Waals surface area contributed by atoms with E-state index in [2.05, 4.69) is 10.6 Å². The second kappa shape index (κ2) is 7.87. The lowest BCUT2D eigenvalue weighted by atomic mass is 10.1. The molecule has 0 aliphatic heterocycles. The molecule has 1 atom stereocenters. The second-order valence-electron chi connectivity index (χ2n) is 4.94. The Morgan fingerprint density at radius 1 is 1.17 bits per heavy atom. The predicted octanol–water partition coefficient (Wildman–Crippen LogP) is 4.41. The molecule has 0 fully saturated rings. The van der Waals surface area contributed by atoms with Crippen LogP contribution in [-0.4, -0.2) is 11.7 Å². The number of thiocarbonyl (C=S) groups is 1. The number of rotatable bonds is 5. The molecular formula is C17H18F2N2OS. The maximum absolute atomic E-state index is 13.7. The molecule has 0 aromatic heterocycles. The minimum Gasteiger partial charge on any atom is -0.494 e. The number of benzene rings is 2. The lowest BCUT2D eigenvalue weighted by Gasteiger charge is -2.18. The van der Waals surface area contributed by atoms with Gasteiger partial charge < -0.3 is 15.4 Å². The van der Waals surface area contributed by atoms with Gasteiger partial charge in [-0.05, 0) is 56.4 Å². The van der Waals surface area contributed by atoms with Crippen molar-refractivity contribution in [3.63, 3.8) is 0 Å². The molecule has 0 aliphatic rings. The first-order chi connectivity index (χ1) is 11.0. The Morgan fingerprint density at radius 3 is 2.48 bits per heavy atom. The quantitative estimate of drug-likeness (QED) is 0.793. The minimum absolute atomic E-state index is 0.349. The zero-order chi connectivity index (χ0) is 16.8. The van der Waals surface area contributed by atoms with Crippen LogP contribution >= 0.6 is 12.2 Å². The third-order valence-corrected chi connectivity index (χ3v) is 3.42. The van der Waals surface area contributed by atoms with E-state index in [-0.39, 0.29) is 0 Å². The fourth-order valence-electron chi connectivity index (χ4n) is 2.10. The summed E-state index contributed by atoms with van der Waals surface area (Å²) < 4.78 is 32.0. The summed E-state index contributed by atoms with van der Waals surface area (Å²) >= 11 is 5.22. The van der Waals surface area contributed by atoms with E-state index >= 15 is 0 Å². The summed E-state index contributed by atoms with van der Waals surface area (Å²) in [6, 6.07) is 10.4. The van der Waals surface area contributed by atoms with E-state index in [1.807, 2.05) is 31.2 Å². The molecule has 0 radical (unpaired) electrons. The first kappa shape index (κ1) is 17.1. The van der Waals surface area contributed by atoms with Crippen LogP contribution in [0, 0.1) is 11.6 Å². The van der Waals surface area contributed by atoms with E-state index in [0.29, 0.717) is 17.3 Å². The molecule has 2 aromatic carbocycles. The van der Waals surface area contributed by atoms with Crippen molar-refractivity contribution >= 4 is 23.0 Å². The van der Waals surface area contributed by atoms with Crippen molar-refractivity contribution in [2.75, 3.05) is 11.9 Å². The van der Waals surface area contributed by atoms with E-state index in [4.69, 9.17) is 17.0 Å². The Hall–Kier alpha value is -2.21. The monoisotopic (exact) mass is 336 g/mol. The van der Waals surface area contributed by atoms with Crippen LogP contribution < -0.4 is 15.4 Å². The van der Waals surface area contributed by atoms with Gasteiger partial charge in [-0.3, -0.25) is 0 Å². The average Bonchev–Trinajstić information content (AvgIpc) is 2.49. The molecule has 122 valence electrons. The van der Waals surface area contributed by atoms with Gasteiger partial charge in [0, 0.05) is 17.3 Å². The number of anilines is 1. The Kier molecular flexibility index (Phi) is 5.87. The fourth-order valence-corrected chi connectivity index (χ4v) is 2.39. The molecule has 0 saturated heterocycles. The molecule has 2 aromatic rings. The maximum atomic E-state index is 13.7. The topological polar surface area (TPSA) is 33.3 Å². The molecule has 23 heavy (non-hydrogen) atoms. The summed E-state index contributed by atoms with van der Waals surface area (Å²) in [6.07, 6.45) is 0. The van der Waals surface area contributed by atoms with Gasteiger partial charge in [-0.15, -0.1) is 0 Å². The zero-order valence-electron chi connectivity index (χ0n) is 12.9. The number of hydrogen-bond acceptors (Lipinski definition) is 2. The zero-order valence-corrected chi connectivity index (χ0v) is 13.7. The number of halogens is 2.